The van der Waals surface area contributed by atoms with E-state index in [1.807, 2.05) is 0 Å². The number of rotatable bonds is 7. The van der Waals surface area contributed by atoms with Crippen LogP contribution >= 0.6 is 0 Å². The van der Waals surface area contributed by atoms with Crippen LogP contribution in [0.25, 0.3) is 11.1 Å². The van der Waals surface area contributed by atoms with Gasteiger partial charge in [-0.15, -0.1) is 6.58 Å². The summed E-state index contributed by atoms with van der Waals surface area (Å²) in [4.78, 5) is 0. The molecule has 4 rings (SSSR count). The van der Waals surface area contributed by atoms with Crippen LogP contribution in [0.1, 0.15) is 55.7 Å². The van der Waals surface area contributed by atoms with Gasteiger partial charge >= 0.3 is 25.8 Å². The summed E-state index contributed by atoms with van der Waals surface area (Å²) in [6.45, 7) is 6.34. The number of benzene rings is 2. The van der Waals surface area contributed by atoms with E-state index in [4.69, 9.17) is 0 Å². The summed E-state index contributed by atoms with van der Waals surface area (Å²) in [6, 6.07) is 15.9. The molecule has 29 heavy (non-hydrogen) atoms. The fourth-order valence-corrected chi connectivity index (χ4v) is 5.07. The molecule has 0 bridgehead atoms. The van der Waals surface area contributed by atoms with Crippen molar-refractivity contribution in [1.29, 1.82) is 0 Å². The van der Waals surface area contributed by atoms with Gasteiger partial charge in [-0.25, -0.2) is 0 Å². The smallest absolute Gasteiger partial charge is 1.00 e. The Morgan fingerprint density at radius 2 is 1.76 bits per heavy atom. The van der Waals surface area contributed by atoms with Crippen molar-refractivity contribution in [3.05, 3.63) is 95.6 Å². The number of halogens is 2. The standard InChI is InChI=1S/C26H28.2ClH.Hf/c1-3-5-18-26(17-4-2,21-12-7-8-13-21)25-16-10-15-23-22-14-9-6-11-20(22)19-24(23)25;;;/h3,6-12,14-16H,1,4-5,13,17-19H2,2H3;2*1H;/q;;;+2/p-2. The molecule has 2 aromatic carbocycles. The number of hydrogen-bond acceptors (Lipinski definition) is 0. The van der Waals surface area contributed by atoms with Gasteiger partial charge in [-0.3, -0.25) is 0 Å². The Bertz CT molecular complexity index is 897. The maximum atomic E-state index is 4.01. The summed E-state index contributed by atoms with van der Waals surface area (Å²) in [5.41, 5.74) is 9.19. The third-order valence-corrected chi connectivity index (χ3v) is 6.20. The Hall–Kier alpha value is -0.890. The molecule has 1 unspecified atom stereocenters. The first-order chi connectivity index (χ1) is 12.8. The maximum absolute atomic E-state index is 4.01. The van der Waals surface area contributed by atoms with Crippen LogP contribution in [-0.2, 0) is 37.7 Å². The zero-order valence-electron chi connectivity index (χ0n) is 17.1. The van der Waals surface area contributed by atoms with Gasteiger partial charge in [0.1, 0.15) is 0 Å². The number of fused-ring (bicyclic) bond motifs is 3. The summed E-state index contributed by atoms with van der Waals surface area (Å²) in [7, 11) is 0. The van der Waals surface area contributed by atoms with Gasteiger partial charge in [0.25, 0.3) is 0 Å². The Morgan fingerprint density at radius 3 is 2.45 bits per heavy atom. The second-order valence-corrected chi connectivity index (χ2v) is 7.65. The fraction of sp³-hybridized carbons (Fsp3) is 0.308. The SMILES string of the molecule is C=CCCC(CCC)(C1=CC=CC1)c1cccc2c1Cc1ccccc1-2.[Cl-].[Cl-].[Hf+2]. The van der Waals surface area contributed by atoms with E-state index < -0.39 is 0 Å². The second-order valence-electron chi connectivity index (χ2n) is 7.65. The van der Waals surface area contributed by atoms with Gasteiger partial charge < -0.3 is 24.8 Å². The van der Waals surface area contributed by atoms with Gasteiger partial charge in [-0.2, -0.15) is 0 Å². The predicted molar refractivity (Wildman–Crippen MR) is 113 cm³/mol. The van der Waals surface area contributed by atoms with E-state index in [2.05, 4.69) is 80.3 Å². The summed E-state index contributed by atoms with van der Waals surface area (Å²) in [5, 5.41) is 0. The molecule has 1 atom stereocenters. The molecule has 0 saturated carbocycles. The Kier molecular flexibility index (Phi) is 10.4. The average Bonchev–Trinajstić information content (AvgIpc) is 3.33. The molecule has 2 aliphatic rings. The molecule has 0 spiro atoms. The molecule has 150 valence electrons. The molecule has 2 aliphatic carbocycles. The van der Waals surface area contributed by atoms with Crippen molar-refractivity contribution in [2.45, 2.75) is 50.9 Å². The van der Waals surface area contributed by atoms with E-state index in [9.17, 15) is 0 Å². The molecule has 0 heterocycles. The molecular weight excluding hydrogens is 562 g/mol. The normalized spacial score (nSPS) is 15.0. The minimum atomic E-state index is 0. The Balaban J connectivity index is 0.00000140. The molecule has 2 aromatic rings. The van der Waals surface area contributed by atoms with E-state index in [1.54, 1.807) is 16.7 Å². The van der Waals surface area contributed by atoms with Crippen molar-refractivity contribution in [1.82, 2.24) is 0 Å². The Labute approximate surface area is 207 Å². The largest absolute Gasteiger partial charge is 2.00 e. The predicted octanol–water partition coefficient (Wildman–Crippen LogP) is 1.15. The molecular formula is C26H28Cl2Hf. The van der Waals surface area contributed by atoms with Crippen LogP contribution in [0, 0.1) is 0 Å². The zero-order chi connectivity index (χ0) is 18.0. The average molecular weight is 590 g/mol. The van der Waals surface area contributed by atoms with Gasteiger partial charge in [0.15, 0.2) is 0 Å². The van der Waals surface area contributed by atoms with E-state index in [0.717, 1.165) is 25.7 Å². The van der Waals surface area contributed by atoms with E-state index >= 15 is 0 Å². The minimum absolute atomic E-state index is 0. The topological polar surface area (TPSA) is 0 Å². The molecule has 0 N–H and O–H groups in total. The van der Waals surface area contributed by atoms with Crippen molar-refractivity contribution >= 4 is 0 Å². The van der Waals surface area contributed by atoms with Crippen LogP contribution < -0.4 is 24.8 Å². The van der Waals surface area contributed by atoms with Crippen LogP contribution in [0.3, 0.4) is 0 Å². The molecule has 0 amide bonds. The number of hydrogen-bond donors (Lipinski definition) is 0. The first-order valence-electron chi connectivity index (χ1n) is 9.98. The van der Waals surface area contributed by atoms with Crippen molar-refractivity contribution < 1.29 is 50.7 Å². The molecule has 0 fully saturated rings. The zero-order valence-corrected chi connectivity index (χ0v) is 22.2. The van der Waals surface area contributed by atoms with Gasteiger partial charge in [-0.1, -0.05) is 85.7 Å². The third kappa shape index (κ3) is 4.73. The minimum Gasteiger partial charge on any atom is -1.00 e. The van der Waals surface area contributed by atoms with Crippen LogP contribution in [0.15, 0.2) is 78.9 Å². The van der Waals surface area contributed by atoms with Crippen molar-refractivity contribution in [3.63, 3.8) is 0 Å². The molecule has 0 aromatic heterocycles. The van der Waals surface area contributed by atoms with E-state index in [0.29, 0.717) is 0 Å². The summed E-state index contributed by atoms with van der Waals surface area (Å²) in [6.07, 6.45) is 15.8. The Morgan fingerprint density at radius 1 is 1.00 bits per heavy atom. The van der Waals surface area contributed by atoms with Crippen molar-refractivity contribution in [2.75, 3.05) is 0 Å². The van der Waals surface area contributed by atoms with Crippen LogP contribution in [-0.4, -0.2) is 0 Å². The van der Waals surface area contributed by atoms with Gasteiger partial charge in [0.05, 0.1) is 0 Å². The monoisotopic (exact) mass is 590 g/mol. The van der Waals surface area contributed by atoms with Crippen molar-refractivity contribution in [3.8, 4) is 11.1 Å². The first-order valence-corrected chi connectivity index (χ1v) is 9.98. The van der Waals surface area contributed by atoms with Crippen LogP contribution in [0.4, 0.5) is 0 Å². The van der Waals surface area contributed by atoms with Gasteiger partial charge in [0.2, 0.25) is 0 Å². The summed E-state index contributed by atoms with van der Waals surface area (Å²) in [5.74, 6) is 0. The second kappa shape index (κ2) is 11.5. The maximum Gasteiger partial charge on any atom is 2.00 e. The quantitative estimate of drug-likeness (QED) is 0.287. The molecule has 3 heteroatoms. The number of allylic oxidation sites excluding steroid dienone is 5. The third-order valence-electron chi connectivity index (χ3n) is 6.20. The van der Waals surface area contributed by atoms with Crippen LogP contribution in [0.5, 0.6) is 0 Å². The van der Waals surface area contributed by atoms with E-state index in [-0.39, 0.29) is 56.1 Å². The fourth-order valence-electron chi connectivity index (χ4n) is 5.07. The van der Waals surface area contributed by atoms with E-state index in [1.165, 1.54) is 29.5 Å². The van der Waals surface area contributed by atoms with Gasteiger partial charge in [0, 0.05) is 5.41 Å². The van der Waals surface area contributed by atoms with Crippen molar-refractivity contribution in [2.24, 2.45) is 0 Å². The summed E-state index contributed by atoms with van der Waals surface area (Å²) >= 11 is 0. The molecule has 0 nitrogen and oxygen atoms in total. The first kappa shape index (κ1) is 26.1. The molecule has 0 saturated heterocycles. The van der Waals surface area contributed by atoms with Crippen LogP contribution in [0.2, 0.25) is 0 Å². The van der Waals surface area contributed by atoms with Gasteiger partial charge in [-0.05, 0) is 59.9 Å². The molecule has 0 aliphatic heterocycles. The summed E-state index contributed by atoms with van der Waals surface area (Å²) < 4.78 is 0. The molecule has 0 radical (unpaired) electrons.